The highest BCUT2D eigenvalue weighted by atomic mass is 79.9. The van der Waals surface area contributed by atoms with E-state index in [1.807, 2.05) is 19.2 Å². The maximum Gasteiger partial charge on any atom is 0.147 e. The normalized spacial score (nSPS) is 30.5. The van der Waals surface area contributed by atoms with Gasteiger partial charge in [-0.1, -0.05) is 17.7 Å². The second-order valence-corrected chi connectivity index (χ2v) is 6.67. The van der Waals surface area contributed by atoms with Crippen molar-refractivity contribution in [1.29, 1.82) is 0 Å². The van der Waals surface area contributed by atoms with Gasteiger partial charge in [0.05, 0.1) is 11.1 Å². The van der Waals surface area contributed by atoms with Crippen molar-refractivity contribution in [3.05, 3.63) is 33.0 Å². The van der Waals surface area contributed by atoms with Gasteiger partial charge in [0.2, 0.25) is 0 Å². The van der Waals surface area contributed by atoms with E-state index in [1.54, 1.807) is 0 Å². The SMILES string of the molecule is CNC(c1ccc(Br)c(Cl)c1F)C1CN2CCN1CC2. The minimum absolute atomic E-state index is 0.0382. The van der Waals surface area contributed by atoms with Crippen LogP contribution in [0.2, 0.25) is 5.02 Å². The van der Waals surface area contributed by atoms with Gasteiger partial charge in [-0.2, -0.15) is 0 Å². The number of nitrogens with zero attached hydrogens (tertiary/aromatic N) is 2. The van der Waals surface area contributed by atoms with E-state index in [0.717, 1.165) is 32.7 Å². The van der Waals surface area contributed by atoms with Gasteiger partial charge < -0.3 is 5.32 Å². The molecular weight excluding hydrogens is 345 g/mol. The predicted molar refractivity (Wildman–Crippen MR) is 82.7 cm³/mol. The van der Waals surface area contributed by atoms with Gasteiger partial charge in [-0.05, 0) is 29.0 Å². The van der Waals surface area contributed by atoms with Crippen molar-refractivity contribution in [1.82, 2.24) is 15.1 Å². The van der Waals surface area contributed by atoms with Crippen LogP contribution in [0.25, 0.3) is 0 Å². The molecule has 0 saturated carbocycles. The molecule has 3 heterocycles. The predicted octanol–water partition coefficient (Wildman–Crippen LogP) is 2.50. The molecule has 2 atom stereocenters. The zero-order chi connectivity index (χ0) is 14.3. The van der Waals surface area contributed by atoms with Gasteiger partial charge in [-0.25, -0.2) is 4.39 Å². The van der Waals surface area contributed by atoms with Crippen molar-refractivity contribution < 1.29 is 4.39 Å². The molecular formula is C14H18BrClFN3. The summed E-state index contributed by atoms with van der Waals surface area (Å²) in [5.74, 6) is -0.321. The molecule has 3 fully saturated rings. The number of piperazine rings is 3. The molecule has 0 aromatic heterocycles. The second-order valence-electron chi connectivity index (χ2n) is 5.43. The monoisotopic (exact) mass is 361 g/mol. The standard InChI is InChI=1S/C14H18BrClFN3/c1-18-14(9-2-3-10(15)12(16)13(9)17)11-8-19-4-6-20(11)7-5-19/h2-3,11,14,18H,4-8H2,1H3. The van der Waals surface area contributed by atoms with Crippen LogP contribution in [0.15, 0.2) is 16.6 Å². The third kappa shape index (κ3) is 2.50. The average molecular weight is 363 g/mol. The highest BCUT2D eigenvalue weighted by Crippen LogP contribution is 2.34. The van der Waals surface area contributed by atoms with E-state index in [4.69, 9.17) is 11.6 Å². The van der Waals surface area contributed by atoms with Gasteiger partial charge >= 0.3 is 0 Å². The molecule has 0 aliphatic carbocycles. The number of rotatable bonds is 3. The highest BCUT2D eigenvalue weighted by molar-refractivity contribution is 9.10. The molecule has 4 rings (SSSR count). The Bertz CT molecular complexity index is 505. The van der Waals surface area contributed by atoms with Crippen molar-refractivity contribution in [2.24, 2.45) is 0 Å². The van der Waals surface area contributed by atoms with Crippen LogP contribution in [-0.4, -0.2) is 55.6 Å². The molecule has 2 bridgehead atoms. The first-order valence-corrected chi connectivity index (χ1v) is 8.06. The molecule has 3 nitrogen and oxygen atoms in total. The molecule has 3 aliphatic heterocycles. The molecule has 6 heteroatoms. The van der Waals surface area contributed by atoms with Gasteiger partial charge in [0.1, 0.15) is 5.82 Å². The number of hydrogen-bond acceptors (Lipinski definition) is 3. The molecule has 3 aliphatic rings. The fraction of sp³-hybridized carbons (Fsp3) is 0.571. The lowest BCUT2D eigenvalue weighted by Crippen LogP contribution is -2.63. The molecule has 1 N–H and O–H groups in total. The maximum absolute atomic E-state index is 14.5. The molecule has 1 aromatic carbocycles. The van der Waals surface area contributed by atoms with Gasteiger partial charge in [0.15, 0.2) is 0 Å². The molecule has 110 valence electrons. The third-order valence-corrected chi connectivity index (χ3v) is 5.68. The van der Waals surface area contributed by atoms with Crippen molar-refractivity contribution in [3.8, 4) is 0 Å². The van der Waals surface area contributed by atoms with Crippen LogP contribution in [0.5, 0.6) is 0 Å². The summed E-state index contributed by atoms with van der Waals surface area (Å²) >= 11 is 9.30. The number of benzene rings is 1. The number of hydrogen-bond donors (Lipinski definition) is 1. The molecule has 3 saturated heterocycles. The smallest absolute Gasteiger partial charge is 0.147 e. The maximum atomic E-state index is 14.5. The largest absolute Gasteiger partial charge is 0.312 e. The van der Waals surface area contributed by atoms with Gasteiger partial charge in [-0.3, -0.25) is 9.80 Å². The van der Waals surface area contributed by atoms with E-state index in [0.29, 0.717) is 16.1 Å². The Labute approximate surface area is 132 Å². The van der Waals surface area contributed by atoms with Crippen LogP contribution in [0.1, 0.15) is 11.6 Å². The highest BCUT2D eigenvalue weighted by Gasteiger charge is 2.37. The summed E-state index contributed by atoms with van der Waals surface area (Å²) in [6.07, 6.45) is 0. The molecule has 0 amide bonds. The average Bonchev–Trinajstić information content (AvgIpc) is 2.49. The van der Waals surface area contributed by atoms with Gasteiger partial charge in [0.25, 0.3) is 0 Å². The molecule has 0 radical (unpaired) electrons. The molecule has 20 heavy (non-hydrogen) atoms. The van der Waals surface area contributed by atoms with Gasteiger partial charge in [0, 0.05) is 48.8 Å². The Balaban J connectivity index is 1.92. The van der Waals surface area contributed by atoms with Crippen LogP contribution >= 0.6 is 27.5 Å². The summed E-state index contributed by atoms with van der Waals surface area (Å²) in [6, 6.07) is 3.91. The van der Waals surface area contributed by atoms with Crippen LogP contribution < -0.4 is 5.32 Å². The Hall–Kier alpha value is -0.200. The van der Waals surface area contributed by atoms with E-state index >= 15 is 0 Å². The Morgan fingerprint density at radius 1 is 1.35 bits per heavy atom. The van der Waals surface area contributed by atoms with E-state index < -0.39 is 0 Å². The fourth-order valence-corrected chi connectivity index (χ4v) is 3.79. The lowest BCUT2D eigenvalue weighted by Gasteiger charge is -2.50. The summed E-state index contributed by atoms with van der Waals surface area (Å²) in [5.41, 5.74) is 0.652. The molecule has 0 spiro atoms. The van der Waals surface area contributed by atoms with E-state index in [-0.39, 0.29) is 16.9 Å². The second kappa shape index (κ2) is 5.89. The zero-order valence-corrected chi connectivity index (χ0v) is 13.7. The van der Waals surface area contributed by atoms with Crippen LogP contribution in [0.3, 0.4) is 0 Å². The summed E-state index contributed by atoms with van der Waals surface area (Å²) in [4.78, 5) is 4.91. The Morgan fingerprint density at radius 3 is 2.60 bits per heavy atom. The number of halogens is 3. The topological polar surface area (TPSA) is 18.5 Å². The van der Waals surface area contributed by atoms with Crippen LogP contribution in [-0.2, 0) is 0 Å². The molecule has 1 aromatic rings. The first kappa shape index (κ1) is 14.7. The first-order chi connectivity index (χ1) is 9.61. The van der Waals surface area contributed by atoms with Crippen LogP contribution in [0.4, 0.5) is 4.39 Å². The summed E-state index contributed by atoms with van der Waals surface area (Å²) in [5, 5.41) is 3.44. The summed E-state index contributed by atoms with van der Waals surface area (Å²) < 4.78 is 15.1. The van der Waals surface area contributed by atoms with Crippen molar-refractivity contribution in [2.45, 2.75) is 12.1 Å². The van der Waals surface area contributed by atoms with E-state index in [1.165, 1.54) is 0 Å². The summed E-state index contributed by atoms with van der Waals surface area (Å²) in [6.45, 7) is 5.36. The zero-order valence-electron chi connectivity index (χ0n) is 11.4. The third-order valence-electron chi connectivity index (χ3n) is 4.42. The number of likely N-dealkylation sites (N-methyl/N-ethyl adjacent to an activating group) is 1. The lowest BCUT2D eigenvalue weighted by atomic mass is 9.93. The minimum atomic E-state index is -0.321. The quantitative estimate of drug-likeness (QED) is 0.834. The van der Waals surface area contributed by atoms with Gasteiger partial charge in [-0.15, -0.1) is 0 Å². The lowest BCUT2D eigenvalue weighted by molar-refractivity contribution is -0.00303. The van der Waals surface area contributed by atoms with Crippen molar-refractivity contribution in [2.75, 3.05) is 39.8 Å². The summed E-state index contributed by atoms with van der Waals surface area (Å²) in [7, 11) is 1.89. The molecule has 2 unspecified atom stereocenters. The fourth-order valence-electron chi connectivity index (χ4n) is 3.31. The minimum Gasteiger partial charge on any atom is -0.312 e. The van der Waals surface area contributed by atoms with Crippen LogP contribution in [0, 0.1) is 5.82 Å². The first-order valence-electron chi connectivity index (χ1n) is 6.89. The van der Waals surface area contributed by atoms with E-state index in [2.05, 4.69) is 31.0 Å². The van der Waals surface area contributed by atoms with Crippen molar-refractivity contribution >= 4 is 27.5 Å². The van der Waals surface area contributed by atoms with E-state index in [9.17, 15) is 4.39 Å². The van der Waals surface area contributed by atoms with Crippen molar-refractivity contribution in [3.63, 3.8) is 0 Å². The number of nitrogens with one attached hydrogen (secondary N) is 1. The Morgan fingerprint density at radius 2 is 2.05 bits per heavy atom. The number of fused-ring (bicyclic) bond motifs is 3. The Kier molecular flexibility index (Phi) is 4.34.